The van der Waals surface area contributed by atoms with E-state index in [1.54, 1.807) is 7.11 Å². The van der Waals surface area contributed by atoms with Crippen molar-refractivity contribution < 1.29 is 4.74 Å². The van der Waals surface area contributed by atoms with Gasteiger partial charge in [-0.2, -0.15) is 0 Å². The van der Waals surface area contributed by atoms with Gasteiger partial charge in [-0.25, -0.2) is 0 Å². The van der Waals surface area contributed by atoms with Crippen LogP contribution in [0.4, 0.5) is 0 Å². The van der Waals surface area contributed by atoms with E-state index >= 15 is 0 Å². The van der Waals surface area contributed by atoms with Crippen molar-refractivity contribution in [3.63, 3.8) is 0 Å². The van der Waals surface area contributed by atoms with Crippen LogP contribution in [0, 0.1) is 0 Å². The van der Waals surface area contributed by atoms with E-state index in [0.29, 0.717) is 6.04 Å². The first-order valence-corrected chi connectivity index (χ1v) is 5.74. The number of rotatable bonds is 5. The molecule has 0 aliphatic carbocycles. The van der Waals surface area contributed by atoms with Crippen molar-refractivity contribution in [1.82, 2.24) is 0 Å². The molecule has 88 valence electrons. The molecule has 0 fully saturated rings. The molecule has 0 heterocycles. The van der Waals surface area contributed by atoms with Gasteiger partial charge < -0.3 is 4.74 Å². The third-order valence-corrected chi connectivity index (χ3v) is 2.48. The van der Waals surface area contributed by atoms with Crippen molar-refractivity contribution in [3.05, 3.63) is 35.9 Å². The first kappa shape index (κ1) is 12.9. The molecule has 0 aliphatic rings. The normalized spacial score (nSPS) is 14.2. The molecule has 1 atom stereocenters. The summed E-state index contributed by atoms with van der Waals surface area (Å²) < 4.78 is 5.49. The topological polar surface area (TPSA) is 21.6 Å². The molecular formula is C14H21NO. The van der Waals surface area contributed by atoms with Crippen molar-refractivity contribution in [3.8, 4) is 0 Å². The summed E-state index contributed by atoms with van der Waals surface area (Å²) in [4.78, 5) is 4.54. The molecule has 1 aromatic carbocycles. The number of nitrogens with zero attached hydrogens (tertiary/aromatic N) is 1. The maximum Gasteiger partial charge on any atom is 0.0984 e. The first-order valence-electron chi connectivity index (χ1n) is 5.74. The quantitative estimate of drug-likeness (QED) is 0.697. The Morgan fingerprint density at radius 2 is 1.88 bits per heavy atom. The van der Waals surface area contributed by atoms with Gasteiger partial charge in [-0.3, -0.25) is 4.99 Å². The van der Waals surface area contributed by atoms with Crippen molar-refractivity contribution in [2.75, 3.05) is 7.11 Å². The van der Waals surface area contributed by atoms with E-state index < -0.39 is 0 Å². The first-order chi connectivity index (χ1) is 7.63. The SMILES string of the molecule is COC(Cc1ccccc1)C(C)=NC(C)C. The summed E-state index contributed by atoms with van der Waals surface area (Å²) in [5.41, 5.74) is 2.36. The smallest absolute Gasteiger partial charge is 0.0984 e. The molecule has 0 radical (unpaired) electrons. The number of benzene rings is 1. The summed E-state index contributed by atoms with van der Waals surface area (Å²) >= 11 is 0. The van der Waals surface area contributed by atoms with Crippen molar-refractivity contribution in [1.29, 1.82) is 0 Å². The average Bonchev–Trinajstić information content (AvgIpc) is 2.26. The molecule has 0 aliphatic heterocycles. The summed E-state index contributed by atoms with van der Waals surface area (Å²) in [5, 5.41) is 0. The Kier molecular flexibility index (Phi) is 5.20. The van der Waals surface area contributed by atoms with E-state index in [9.17, 15) is 0 Å². The van der Waals surface area contributed by atoms with Crippen molar-refractivity contribution in [2.24, 2.45) is 4.99 Å². The standard InChI is InChI=1S/C14H21NO/c1-11(2)15-12(3)14(16-4)10-13-8-6-5-7-9-13/h5-9,11,14H,10H2,1-4H3. The van der Waals surface area contributed by atoms with Crippen LogP contribution in [-0.2, 0) is 11.2 Å². The lowest BCUT2D eigenvalue weighted by Crippen LogP contribution is -2.24. The van der Waals surface area contributed by atoms with Gasteiger partial charge in [0.15, 0.2) is 0 Å². The molecule has 2 heteroatoms. The molecule has 0 bridgehead atoms. The van der Waals surface area contributed by atoms with Crippen LogP contribution in [0.3, 0.4) is 0 Å². The molecule has 2 nitrogen and oxygen atoms in total. The van der Waals surface area contributed by atoms with E-state index in [0.717, 1.165) is 12.1 Å². The van der Waals surface area contributed by atoms with Gasteiger partial charge in [0.25, 0.3) is 0 Å². The summed E-state index contributed by atoms with van der Waals surface area (Å²) in [6.07, 6.45) is 0.976. The van der Waals surface area contributed by atoms with Crippen LogP contribution in [0.25, 0.3) is 0 Å². The highest BCUT2D eigenvalue weighted by atomic mass is 16.5. The highest BCUT2D eigenvalue weighted by Gasteiger charge is 2.12. The predicted octanol–water partition coefficient (Wildman–Crippen LogP) is 3.11. The van der Waals surface area contributed by atoms with Gasteiger partial charge in [0, 0.05) is 25.3 Å². The molecule has 0 saturated carbocycles. The molecule has 1 unspecified atom stereocenters. The Labute approximate surface area is 98.4 Å². The molecule has 1 aromatic rings. The Hall–Kier alpha value is -1.15. The molecule has 16 heavy (non-hydrogen) atoms. The molecule has 0 N–H and O–H groups in total. The molecule has 0 amide bonds. The minimum absolute atomic E-state index is 0.0878. The fourth-order valence-electron chi connectivity index (χ4n) is 1.72. The summed E-state index contributed by atoms with van der Waals surface area (Å²) in [6.45, 7) is 6.20. The van der Waals surface area contributed by atoms with Gasteiger partial charge in [-0.1, -0.05) is 30.3 Å². The van der Waals surface area contributed by atoms with E-state index in [4.69, 9.17) is 4.74 Å². The second kappa shape index (κ2) is 6.44. The Bertz CT molecular complexity index is 330. The second-order valence-corrected chi connectivity index (χ2v) is 4.28. The van der Waals surface area contributed by atoms with Gasteiger partial charge in [0.2, 0.25) is 0 Å². The van der Waals surface area contributed by atoms with Gasteiger partial charge in [-0.05, 0) is 26.3 Å². The zero-order valence-electron chi connectivity index (χ0n) is 10.6. The third kappa shape index (κ3) is 4.15. The minimum Gasteiger partial charge on any atom is -0.375 e. The zero-order chi connectivity index (χ0) is 12.0. The molecule has 0 aromatic heterocycles. The largest absolute Gasteiger partial charge is 0.375 e. The Balaban J connectivity index is 2.69. The van der Waals surface area contributed by atoms with E-state index in [2.05, 4.69) is 43.1 Å². The number of hydrogen-bond donors (Lipinski definition) is 0. The van der Waals surface area contributed by atoms with Gasteiger partial charge in [-0.15, -0.1) is 0 Å². The van der Waals surface area contributed by atoms with E-state index in [1.807, 2.05) is 13.0 Å². The molecule has 0 spiro atoms. The number of methoxy groups -OCH3 is 1. The highest BCUT2D eigenvalue weighted by molar-refractivity contribution is 5.86. The van der Waals surface area contributed by atoms with Gasteiger partial charge in [0.05, 0.1) is 6.10 Å². The van der Waals surface area contributed by atoms with Crippen molar-refractivity contribution in [2.45, 2.75) is 39.3 Å². The maximum atomic E-state index is 5.49. The molecule has 0 saturated heterocycles. The van der Waals surface area contributed by atoms with Crippen LogP contribution in [0.15, 0.2) is 35.3 Å². The average molecular weight is 219 g/mol. The lowest BCUT2D eigenvalue weighted by atomic mass is 10.0. The summed E-state index contributed by atoms with van der Waals surface area (Å²) in [6, 6.07) is 10.7. The fourth-order valence-corrected chi connectivity index (χ4v) is 1.72. The lowest BCUT2D eigenvalue weighted by Gasteiger charge is -2.16. The third-order valence-electron chi connectivity index (χ3n) is 2.48. The number of ether oxygens (including phenoxy) is 1. The van der Waals surface area contributed by atoms with Crippen LogP contribution >= 0.6 is 0 Å². The Morgan fingerprint density at radius 1 is 1.25 bits per heavy atom. The van der Waals surface area contributed by atoms with Gasteiger partial charge in [0.1, 0.15) is 0 Å². The van der Waals surface area contributed by atoms with Crippen molar-refractivity contribution >= 4 is 5.71 Å². The summed E-state index contributed by atoms with van der Waals surface area (Å²) in [7, 11) is 1.74. The van der Waals surface area contributed by atoms with E-state index in [1.165, 1.54) is 5.56 Å². The molecular weight excluding hydrogens is 198 g/mol. The number of aliphatic imine (C=N–C) groups is 1. The monoisotopic (exact) mass is 219 g/mol. The fraction of sp³-hybridized carbons (Fsp3) is 0.500. The Morgan fingerprint density at radius 3 is 2.38 bits per heavy atom. The lowest BCUT2D eigenvalue weighted by molar-refractivity contribution is 0.155. The van der Waals surface area contributed by atoms with E-state index in [-0.39, 0.29) is 6.10 Å². The minimum atomic E-state index is 0.0878. The van der Waals surface area contributed by atoms with Crippen LogP contribution < -0.4 is 0 Å². The van der Waals surface area contributed by atoms with Crippen LogP contribution in [0.1, 0.15) is 26.3 Å². The highest BCUT2D eigenvalue weighted by Crippen LogP contribution is 2.08. The van der Waals surface area contributed by atoms with Gasteiger partial charge >= 0.3 is 0 Å². The van der Waals surface area contributed by atoms with Crippen LogP contribution in [0.5, 0.6) is 0 Å². The number of hydrogen-bond acceptors (Lipinski definition) is 2. The molecule has 1 rings (SSSR count). The second-order valence-electron chi connectivity index (χ2n) is 4.28. The predicted molar refractivity (Wildman–Crippen MR) is 69.2 cm³/mol. The summed E-state index contributed by atoms with van der Waals surface area (Å²) in [5.74, 6) is 0. The van der Waals surface area contributed by atoms with Crippen LogP contribution in [-0.4, -0.2) is 25.0 Å². The zero-order valence-corrected chi connectivity index (χ0v) is 10.6. The van der Waals surface area contributed by atoms with Crippen LogP contribution in [0.2, 0.25) is 0 Å². The maximum absolute atomic E-state index is 5.49.